The van der Waals surface area contributed by atoms with E-state index >= 15 is 0 Å². The number of carbonyl (C=O) groups is 2. The van der Waals surface area contributed by atoms with E-state index in [1.165, 1.54) is 4.68 Å². The molecule has 0 aliphatic carbocycles. The van der Waals surface area contributed by atoms with Crippen molar-refractivity contribution in [1.82, 2.24) is 19.6 Å². The summed E-state index contributed by atoms with van der Waals surface area (Å²) < 4.78 is 12.6. The van der Waals surface area contributed by atoms with Crippen LogP contribution in [0.2, 0.25) is 0 Å². The summed E-state index contributed by atoms with van der Waals surface area (Å²) in [5.74, 6) is 0.789. The molecule has 2 aromatic rings. The molecule has 168 valence electrons. The summed E-state index contributed by atoms with van der Waals surface area (Å²) in [6, 6.07) is 7.40. The summed E-state index contributed by atoms with van der Waals surface area (Å²) in [5, 5.41) is 7.02. The summed E-state index contributed by atoms with van der Waals surface area (Å²) in [5.41, 5.74) is 1.54. The monoisotopic (exact) mass is 429 g/mol. The van der Waals surface area contributed by atoms with Gasteiger partial charge in [0, 0.05) is 32.9 Å². The van der Waals surface area contributed by atoms with Gasteiger partial charge in [0.05, 0.1) is 30.7 Å². The van der Waals surface area contributed by atoms with Crippen molar-refractivity contribution >= 4 is 17.6 Å². The number of hydrogen-bond donors (Lipinski definition) is 1. The van der Waals surface area contributed by atoms with Crippen molar-refractivity contribution in [1.29, 1.82) is 0 Å². The third-order valence-electron chi connectivity index (χ3n) is 4.95. The number of rotatable bonds is 7. The fourth-order valence-corrected chi connectivity index (χ4v) is 3.56. The molecule has 1 saturated heterocycles. The summed E-state index contributed by atoms with van der Waals surface area (Å²) in [6.07, 6.45) is 3.24. The third-order valence-corrected chi connectivity index (χ3v) is 4.95. The largest absolute Gasteiger partial charge is 0.494 e. The van der Waals surface area contributed by atoms with Crippen molar-refractivity contribution in [2.24, 2.45) is 0 Å². The zero-order chi connectivity index (χ0) is 22.4. The molecular weight excluding hydrogens is 398 g/mol. The quantitative estimate of drug-likeness (QED) is 0.731. The lowest BCUT2D eigenvalue weighted by atomic mass is 10.2. The normalized spacial score (nSPS) is 18.5. The predicted octanol–water partition coefficient (Wildman–Crippen LogP) is 2.58. The van der Waals surface area contributed by atoms with Crippen LogP contribution in [0.5, 0.6) is 5.75 Å². The molecule has 9 heteroatoms. The maximum atomic E-state index is 12.6. The minimum absolute atomic E-state index is 0.0180. The minimum atomic E-state index is -0.254. The van der Waals surface area contributed by atoms with E-state index in [9.17, 15) is 9.59 Å². The number of urea groups is 1. The van der Waals surface area contributed by atoms with Crippen LogP contribution < -0.4 is 10.1 Å². The van der Waals surface area contributed by atoms with Gasteiger partial charge in [-0.2, -0.15) is 5.10 Å². The number of morpholine rings is 1. The Hall–Kier alpha value is -3.07. The van der Waals surface area contributed by atoms with Crippen molar-refractivity contribution in [2.45, 2.75) is 46.1 Å². The number of nitrogens with one attached hydrogen (secondary N) is 1. The lowest BCUT2D eigenvalue weighted by molar-refractivity contribution is -0.144. The fraction of sp³-hybridized carbons (Fsp3) is 0.500. The van der Waals surface area contributed by atoms with E-state index in [0.29, 0.717) is 31.9 Å². The van der Waals surface area contributed by atoms with Crippen LogP contribution in [0, 0.1) is 0 Å². The zero-order valence-electron chi connectivity index (χ0n) is 18.6. The number of benzene rings is 1. The molecular formula is C22H31N5O4. The highest BCUT2D eigenvalue weighted by Crippen LogP contribution is 2.15. The van der Waals surface area contributed by atoms with Gasteiger partial charge in [0.2, 0.25) is 5.91 Å². The molecule has 2 heterocycles. The number of anilines is 1. The molecule has 9 nitrogen and oxygen atoms in total. The van der Waals surface area contributed by atoms with Gasteiger partial charge in [-0.05, 0) is 38.5 Å². The number of carbonyl (C=O) groups excluding carboxylic acids is 2. The van der Waals surface area contributed by atoms with Gasteiger partial charge in [-0.3, -0.25) is 9.48 Å². The minimum Gasteiger partial charge on any atom is -0.494 e. The molecule has 3 amide bonds. The molecule has 31 heavy (non-hydrogen) atoms. The van der Waals surface area contributed by atoms with E-state index in [1.807, 2.05) is 45.0 Å². The van der Waals surface area contributed by atoms with Crippen molar-refractivity contribution < 1.29 is 19.1 Å². The van der Waals surface area contributed by atoms with E-state index in [4.69, 9.17) is 9.47 Å². The first kappa shape index (κ1) is 22.6. The van der Waals surface area contributed by atoms with Crippen LogP contribution in [-0.4, -0.2) is 70.5 Å². The second-order valence-electron chi connectivity index (χ2n) is 7.85. The molecule has 2 atom stereocenters. The van der Waals surface area contributed by atoms with Crippen LogP contribution in [-0.2, 0) is 22.6 Å². The fourth-order valence-electron chi connectivity index (χ4n) is 3.56. The Kier molecular flexibility index (Phi) is 7.51. The van der Waals surface area contributed by atoms with Crippen LogP contribution in [0.25, 0.3) is 0 Å². The van der Waals surface area contributed by atoms with Gasteiger partial charge >= 0.3 is 6.03 Å². The highest BCUT2D eigenvalue weighted by atomic mass is 16.5. The second-order valence-corrected chi connectivity index (χ2v) is 7.85. The summed E-state index contributed by atoms with van der Waals surface area (Å²) in [4.78, 5) is 28.4. The number of aromatic nitrogens is 2. The first-order chi connectivity index (χ1) is 14.8. The Bertz CT molecular complexity index is 872. The SMILES string of the molecule is CCOc1ccc(CN(C)C(=O)Nc2cnn(CC(=O)N3C[C@H](C)O[C@@H](C)C3)c2)cc1. The van der Waals surface area contributed by atoms with E-state index in [2.05, 4.69) is 10.4 Å². The lowest BCUT2D eigenvalue weighted by Crippen LogP contribution is -2.49. The third kappa shape index (κ3) is 6.45. The van der Waals surface area contributed by atoms with Gasteiger partial charge < -0.3 is 24.6 Å². The Morgan fingerprint density at radius 3 is 2.55 bits per heavy atom. The van der Waals surface area contributed by atoms with Crippen molar-refractivity contribution in [3.8, 4) is 5.75 Å². The molecule has 0 unspecified atom stereocenters. The number of amides is 3. The molecule has 1 fully saturated rings. The molecule has 1 aromatic heterocycles. The molecule has 1 aliphatic rings. The topological polar surface area (TPSA) is 88.9 Å². The summed E-state index contributed by atoms with van der Waals surface area (Å²) >= 11 is 0. The maximum absolute atomic E-state index is 12.6. The Morgan fingerprint density at radius 2 is 1.90 bits per heavy atom. The Morgan fingerprint density at radius 1 is 1.23 bits per heavy atom. The average molecular weight is 430 g/mol. The zero-order valence-corrected chi connectivity index (χ0v) is 18.6. The smallest absolute Gasteiger partial charge is 0.321 e. The molecule has 0 saturated carbocycles. The van der Waals surface area contributed by atoms with Crippen LogP contribution in [0.1, 0.15) is 26.3 Å². The van der Waals surface area contributed by atoms with Gasteiger partial charge in [0.1, 0.15) is 12.3 Å². The second kappa shape index (κ2) is 10.3. The maximum Gasteiger partial charge on any atom is 0.321 e. The average Bonchev–Trinajstić information content (AvgIpc) is 3.15. The van der Waals surface area contributed by atoms with Crippen molar-refractivity contribution in [3.05, 3.63) is 42.2 Å². The molecule has 1 aliphatic heterocycles. The molecule has 0 radical (unpaired) electrons. The Labute approximate surface area is 182 Å². The predicted molar refractivity (Wildman–Crippen MR) is 117 cm³/mol. The van der Waals surface area contributed by atoms with Gasteiger partial charge in [-0.25, -0.2) is 4.79 Å². The highest BCUT2D eigenvalue weighted by molar-refractivity contribution is 5.88. The molecule has 1 aromatic carbocycles. The molecule has 0 spiro atoms. The molecule has 0 bridgehead atoms. The Balaban J connectivity index is 1.50. The van der Waals surface area contributed by atoms with Gasteiger partial charge in [-0.15, -0.1) is 0 Å². The van der Waals surface area contributed by atoms with E-state index in [0.717, 1.165) is 11.3 Å². The molecule has 3 rings (SSSR count). The van der Waals surface area contributed by atoms with Crippen molar-refractivity contribution in [3.63, 3.8) is 0 Å². The van der Waals surface area contributed by atoms with Crippen LogP contribution in [0.3, 0.4) is 0 Å². The van der Waals surface area contributed by atoms with E-state index < -0.39 is 0 Å². The standard InChI is InChI=1S/C22H31N5O4/c1-5-30-20-8-6-18(7-9-20)13-25(4)22(29)24-19-10-23-27(14-19)15-21(28)26-11-16(2)31-17(3)12-26/h6-10,14,16-17H,5,11-13,15H2,1-4H3,(H,24,29)/t16-,17-/m0/s1. The van der Waals surface area contributed by atoms with Gasteiger partial charge in [-0.1, -0.05) is 12.1 Å². The van der Waals surface area contributed by atoms with E-state index in [-0.39, 0.29) is 30.7 Å². The van der Waals surface area contributed by atoms with Gasteiger partial charge in [0.25, 0.3) is 0 Å². The number of nitrogens with zero attached hydrogens (tertiary/aromatic N) is 4. The first-order valence-electron chi connectivity index (χ1n) is 10.5. The van der Waals surface area contributed by atoms with E-state index in [1.54, 1.807) is 29.2 Å². The summed E-state index contributed by atoms with van der Waals surface area (Å²) in [7, 11) is 1.72. The van der Waals surface area contributed by atoms with Crippen LogP contribution in [0.4, 0.5) is 10.5 Å². The lowest BCUT2D eigenvalue weighted by Gasteiger charge is -2.35. The first-order valence-corrected chi connectivity index (χ1v) is 10.5. The van der Waals surface area contributed by atoms with Gasteiger partial charge in [0.15, 0.2) is 0 Å². The van der Waals surface area contributed by atoms with Crippen LogP contribution >= 0.6 is 0 Å². The number of ether oxygens (including phenoxy) is 2. The van der Waals surface area contributed by atoms with Crippen molar-refractivity contribution in [2.75, 3.05) is 32.1 Å². The van der Waals surface area contributed by atoms with Crippen LogP contribution in [0.15, 0.2) is 36.7 Å². The number of hydrogen-bond acceptors (Lipinski definition) is 5. The molecule has 1 N–H and O–H groups in total. The highest BCUT2D eigenvalue weighted by Gasteiger charge is 2.26. The summed E-state index contributed by atoms with van der Waals surface area (Å²) in [6.45, 7) is 8.20.